The highest BCUT2D eigenvalue weighted by molar-refractivity contribution is 7.10. The Morgan fingerprint density at radius 3 is 3.10 bits per heavy atom. The average Bonchev–Trinajstić information content (AvgIpc) is 2.31. The van der Waals surface area contributed by atoms with Crippen molar-refractivity contribution in [2.75, 3.05) is 0 Å². The molecule has 52 valence electrons. The minimum Gasteiger partial charge on any atom is -0.149 e. The van der Waals surface area contributed by atoms with Gasteiger partial charge in [0.15, 0.2) is 0 Å². The van der Waals surface area contributed by atoms with E-state index in [0.29, 0.717) is 6.54 Å². The van der Waals surface area contributed by atoms with Gasteiger partial charge >= 0.3 is 0 Å². The molecule has 10 heavy (non-hydrogen) atoms. The van der Waals surface area contributed by atoms with Crippen molar-refractivity contribution in [2.24, 2.45) is 5.11 Å². The molecular formula is C6H7N3S. The fourth-order valence-electron chi connectivity index (χ4n) is 0.662. The Morgan fingerprint density at radius 1 is 1.80 bits per heavy atom. The molecule has 0 N–H and O–H groups in total. The predicted octanol–water partition coefficient (Wildman–Crippen LogP) is 2.87. The van der Waals surface area contributed by atoms with Crippen LogP contribution in [0.2, 0.25) is 0 Å². The molecule has 0 amide bonds. The van der Waals surface area contributed by atoms with Crippen LogP contribution >= 0.6 is 11.3 Å². The van der Waals surface area contributed by atoms with Gasteiger partial charge in [0.1, 0.15) is 0 Å². The first-order valence-corrected chi connectivity index (χ1v) is 3.76. The Kier molecular flexibility index (Phi) is 2.31. The largest absolute Gasteiger partial charge is 0.149 e. The SMILES string of the molecule is Cc1ccsc1CN=[N+]=[N-]. The summed E-state index contributed by atoms with van der Waals surface area (Å²) >= 11 is 1.62. The number of hydrogen-bond donors (Lipinski definition) is 0. The first-order valence-electron chi connectivity index (χ1n) is 2.88. The van der Waals surface area contributed by atoms with Gasteiger partial charge in [-0.3, -0.25) is 0 Å². The quantitative estimate of drug-likeness (QED) is 0.356. The number of azide groups is 1. The van der Waals surface area contributed by atoms with Crippen LogP contribution in [0.15, 0.2) is 16.6 Å². The molecule has 0 atom stereocenters. The number of rotatable bonds is 2. The van der Waals surface area contributed by atoms with Crippen molar-refractivity contribution in [2.45, 2.75) is 13.5 Å². The van der Waals surface area contributed by atoms with Gasteiger partial charge in [-0.15, -0.1) is 11.3 Å². The smallest absolute Gasteiger partial charge is 0.0607 e. The van der Waals surface area contributed by atoms with E-state index in [9.17, 15) is 0 Å². The monoisotopic (exact) mass is 153 g/mol. The third kappa shape index (κ3) is 1.50. The molecule has 0 radical (unpaired) electrons. The molecule has 0 spiro atoms. The van der Waals surface area contributed by atoms with Crippen LogP contribution in [-0.2, 0) is 6.54 Å². The van der Waals surface area contributed by atoms with Crippen LogP contribution in [-0.4, -0.2) is 0 Å². The predicted molar refractivity (Wildman–Crippen MR) is 41.9 cm³/mol. The minimum absolute atomic E-state index is 0.486. The van der Waals surface area contributed by atoms with E-state index < -0.39 is 0 Å². The fourth-order valence-corrected chi connectivity index (χ4v) is 1.48. The summed E-state index contributed by atoms with van der Waals surface area (Å²) in [5.41, 5.74) is 9.22. The van der Waals surface area contributed by atoms with E-state index in [1.807, 2.05) is 18.4 Å². The summed E-state index contributed by atoms with van der Waals surface area (Å²) in [4.78, 5) is 3.83. The van der Waals surface area contributed by atoms with Crippen LogP contribution in [0, 0.1) is 6.92 Å². The molecule has 0 aromatic carbocycles. The second-order valence-electron chi connectivity index (χ2n) is 1.92. The standard InChI is InChI=1S/C6H7N3S/c1-5-2-3-10-6(5)4-8-9-7/h2-3H,4H2,1H3. The second kappa shape index (κ2) is 3.25. The van der Waals surface area contributed by atoms with Crippen molar-refractivity contribution in [3.05, 3.63) is 32.3 Å². The van der Waals surface area contributed by atoms with Crippen molar-refractivity contribution >= 4 is 11.3 Å². The molecule has 0 aliphatic carbocycles. The summed E-state index contributed by atoms with van der Waals surface area (Å²) in [5, 5.41) is 5.46. The van der Waals surface area contributed by atoms with E-state index in [4.69, 9.17) is 5.53 Å². The molecule has 1 aromatic heterocycles. The van der Waals surface area contributed by atoms with Gasteiger partial charge in [0, 0.05) is 9.79 Å². The number of thiophene rings is 1. The third-order valence-electron chi connectivity index (χ3n) is 1.25. The van der Waals surface area contributed by atoms with Gasteiger partial charge in [0.2, 0.25) is 0 Å². The maximum absolute atomic E-state index is 8.02. The fraction of sp³-hybridized carbons (Fsp3) is 0.333. The average molecular weight is 153 g/mol. The van der Waals surface area contributed by atoms with Gasteiger partial charge in [0.25, 0.3) is 0 Å². The van der Waals surface area contributed by atoms with Crippen LogP contribution in [0.1, 0.15) is 10.4 Å². The van der Waals surface area contributed by atoms with Gasteiger partial charge in [-0.25, -0.2) is 0 Å². The lowest BCUT2D eigenvalue weighted by molar-refractivity contribution is 1.06. The van der Waals surface area contributed by atoms with E-state index in [1.165, 1.54) is 5.56 Å². The number of hydrogen-bond acceptors (Lipinski definition) is 2. The zero-order chi connectivity index (χ0) is 7.40. The van der Waals surface area contributed by atoms with Crippen LogP contribution in [0.5, 0.6) is 0 Å². The molecule has 1 aromatic rings. The Hall–Kier alpha value is -0.990. The molecule has 0 aliphatic heterocycles. The molecule has 0 aliphatic rings. The zero-order valence-electron chi connectivity index (χ0n) is 5.61. The van der Waals surface area contributed by atoms with Crippen LogP contribution < -0.4 is 0 Å². The molecule has 0 saturated heterocycles. The first kappa shape index (κ1) is 7.12. The molecule has 0 bridgehead atoms. The maximum atomic E-state index is 8.02. The lowest BCUT2D eigenvalue weighted by atomic mass is 10.3. The molecule has 1 heterocycles. The normalized spacial score (nSPS) is 8.90. The molecule has 1 rings (SSSR count). The molecular weight excluding hydrogens is 146 g/mol. The minimum atomic E-state index is 0.486. The first-order chi connectivity index (χ1) is 4.84. The van der Waals surface area contributed by atoms with Crippen LogP contribution in [0.3, 0.4) is 0 Å². The summed E-state index contributed by atoms with van der Waals surface area (Å²) in [6.07, 6.45) is 0. The van der Waals surface area contributed by atoms with Crippen molar-refractivity contribution in [1.82, 2.24) is 0 Å². The van der Waals surface area contributed by atoms with Gasteiger partial charge < -0.3 is 0 Å². The van der Waals surface area contributed by atoms with E-state index in [-0.39, 0.29) is 0 Å². The van der Waals surface area contributed by atoms with Crippen molar-refractivity contribution in [1.29, 1.82) is 0 Å². The topological polar surface area (TPSA) is 48.8 Å². The molecule has 0 saturated carbocycles. The van der Waals surface area contributed by atoms with Crippen LogP contribution in [0.4, 0.5) is 0 Å². The maximum Gasteiger partial charge on any atom is 0.0607 e. The second-order valence-corrected chi connectivity index (χ2v) is 2.92. The van der Waals surface area contributed by atoms with Crippen molar-refractivity contribution < 1.29 is 0 Å². The summed E-state index contributed by atoms with van der Waals surface area (Å²) in [6.45, 7) is 2.50. The Bertz CT molecular complexity index is 260. The molecule has 0 fully saturated rings. The Morgan fingerprint density at radius 2 is 2.60 bits per heavy atom. The van der Waals surface area contributed by atoms with Crippen LogP contribution in [0.25, 0.3) is 10.4 Å². The van der Waals surface area contributed by atoms with Gasteiger partial charge in [0.05, 0.1) is 6.54 Å². The summed E-state index contributed by atoms with van der Waals surface area (Å²) < 4.78 is 0. The summed E-state index contributed by atoms with van der Waals surface area (Å²) in [6, 6.07) is 2.02. The molecule has 4 heteroatoms. The van der Waals surface area contributed by atoms with E-state index >= 15 is 0 Å². The summed E-state index contributed by atoms with van der Waals surface area (Å²) in [7, 11) is 0. The molecule has 3 nitrogen and oxygen atoms in total. The third-order valence-corrected chi connectivity index (χ3v) is 2.25. The van der Waals surface area contributed by atoms with Gasteiger partial charge in [-0.05, 0) is 29.5 Å². The van der Waals surface area contributed by atoms with Crippen molar-refractivity contribution in [3.8, 4) is 0 Å². The highest BCUT2D eigenvalue weighted by Crippen LogP contribution is 2.15. The van der Waals surface area contributed by atoms with E-state index in [1.54, 1.807) is 11.3 Å². The molecule has 0 unspecified atom stereocenters. The lowest BCUT2D eigenvalue weighted by Crippen LogP contribution is -1.74. The highest BCUT2D eigenvalue weighted by atomic mass is 32.1. The Balaban J connectivity index is 2.74. The lowest BCUT2D eigenvalue weighted by Gasteiger charge is -1.88. The van der Waals surface area contributed by atoms with E-state index in [0.717, 1.165) is 4.88 Å². The van der Waals surface area contributed by atoms with Crippen molar-refractivity contribution in [3.63, 3.8) is 0 Å². The van der Waals surface area contributed by atoms with E-state index in [2.05, 4.69) is 10.0 Å². The number of aryl methyl sites for hydroxylation is 1. The Labute approximate surface area is 62.9 Å². The number of nitrogens with zero attached hydrogens (tertiary/aromatic N) is 3. The summed E-state index contributed by atoms with van der Waals surface area (Å²) in [5.74, 6) is 0. The van der Waals surface area contributed by atoms with Gasteiger partial charge in [-0.2, -0.15) is 0 Å². The highest BCUT2D eigenvalue weighted by Gasteiger charge is 1.95. The van der Waals surface area contributed by atoms with Gasteiger partial charge in [-0.1, -0.05) is 5.11 Å². The zero-order valence-corrected chi connectivity index (χ0v) is 6.43.